The predicted molar refractivity (Wildman–Crippen MR) is 218 cm³/mol. The zero-order valence-electron chi connectivity index (χ0n) is 32.5. The van der Waals surface area contributed by atoms with Gasteiger partial charge in [0.05, 0.1) is 17.1 Å². The Balaban J connectivity index is 0. The molecule has 0 radical (unpaired) electrons. The largest absolute Gasteiger partial charge is 1.00 e. The van der Waals surface area contributed by atoms with Crippen molar-refractivity contribution in [1.82, 2.24) is 5.01 Å². The van der Waals surface area contributed by atoms with Gasteiger partial charge in [-0.2, -0.15) is 5.10 Å². The fourth-order valence-corrected chi connectivity index (χ4v) is 5.78. The van der Waals surface area contributed by atoms with Gasteiger partial charge in [-0.25, -0.2) is 0 Å². The molecule has 4 rings (SSSR count). The summed E-state index contributed by atoms with van der Waals surface area (Å²) in [5, 5.41) is 13.8. The van der Waals surface area contributed by atoms with E-state index in [0.717, 1.165) is 42.8 Å². The van der Waals surface area contributed by atoms with E-state index in [-0.39, 0.29) is 66.0 Å². The van der Waals surface area contributed by atoms with Crippen LogP contribution in [-0.4, -0.2) is 30.6 Å². The molecule has 11 heteroatoms. The second-order valence-corrected chi connectivity index (χ2v) is 29.2. The molecule has 0 saturated heterocycles. The number of nitrogens with one attached hydrogen (secondary N) is 2. The Bertz CT molecular complexity index is 1400. The number of ketones is 1. The van der Waals surface area contributed by atoms with Crippen molar-refractivity contribution in [2.45, 2.75) is 125 Å². The molecule has 2 N–H and O–H groups in total. The molecule has 0 atom stereocenters. The van der Waals surface area contributed by atoms with E-state index in [1.807, 2.05) is 25.2 Å². The number of carbonyl (C=O) groups excluding carboxylic acids is 1. The first kappa shape index (κ1) is 50.2. The minimum Gasteiger partial charge on any atom is -1.00 e. The second kappa shape index (κ2) is 24.6. The van der Waals surface area contributed by atoms with Gasteiger partial charge in [0.1, 0.15) is 0 Å². The third-order valence-corrected chi connectivity index (χ3v) is 8.12. The summed E-state index contributed by atoms with van der Waals surface area (Å²) in [6.07, 6.45) is 10.3. The molecule has 0 spiro atoms. The van der Waals surface area contributed by atoms with Crippen molar-refractivity contribution in [3.05, 3.63) is 82.2 Å². The Hall–Kier alpha value is 0.171. The average molecular weight is 831 g/mol. The number of hydrogen-bond acceptors (Lipinski definition) is 5. The molecule has 0 unspecified atom stereocenters. The molecule has 276 valence electrons. The van der Waals surface area contributed by atoms with Crippen LogP contribution in [0.15, 0.2) is 65.0 Å². The van der Waals surface area contributed by atoms with E-state index < -0.39 is 12.3 Å². The van der Waals surface area contributed by atoms with Crippen molar-refractivity contribution in [2.24, 2.45) is 5.10 Å². The number of para-hydroxylation sites is 2. The predicted octanol–water partition coefficient (Wildman–Crippen LogP) is 10.8. The zero-order valence-corrected chi connectivity index (χ0v) is 39.2. The molecular formula is C39H61Cl4KN4OTi. The van der Waals surface area contributed by atoms with E-state index in [1.54, 1.807) is 0 Å². The number of carbonyl (C=O) groups is 1. The fourth-order valence-electron chi connectivity index (χ4n) is 5.78. The van der Waals surface area contributed by atoms with E-state index in [9.17, 15) is 4.79 Å². The van der Waals surface area contributed by atoms with Crippen molar-refractivity contribution in [3.8, 4) is 0 Å². The van der Waals surface area contributed by atoms with Gasteiger partial charge in [0.2, 0.25) is 0 Å². The summed E-state index contributed by atoms with van der Waals surface area (Å²) in [6, 6.07) is 13.1. The second-order valence-electron chi connectivity index (χ2n) is 13.8. The van der Waals surface area contributed by atoms with Crippen molar-refractivity contribution >= 4 is 60.1 Å². The Morgan fingerprint density at radius 2 is 1.02 bits per heavy atom. The van der Waals surface area contributed by atoms with Crippen LogP contribution in [-0.2, 0) is 17.1 Å². The Labute approximate surface area is 367 Å². The molecule has 0 bridgehead atoms. The normalized spacial score (nSPS) is 15.2. The average Bonchev–Trinajstić information content (AvgIpc) is 2.98. The van der Waals surface area contributed by atoms with Gasteiger partial charge in [-0.05, 0) is 78.0 Å². The maximum absolute atomic E-state index is 12.0. The van der Waals surface area contributed by atoms with Crippen molar-refractivity contribution in [2.75, 3.05) is 24.7 Å². The van der Waals surface area contributed by atoms with Crippen LogP contribution < -0.4 is 62.0 Å². The van der Waals surface area contributed by atoms with Crippen LogP contribution in [0.3, 0.4) is 0 Å². The number of halogens is 4. The van der Waals surface area contributed by atoms with Gasteiger partial charge in [0.25, 0.3) is 0 Å². The van der Waals surface area contributed by atoms with Gasteiger partial charge in [0.15, 0.2) is 5.78 Å². The van der Waals surface area contributed by atoms with E-state index >= 15 is 0 Å². The number of hydrazone groups is 1. The van der Waals surface area contributed by atoms with Crippen LogP contribution in [0.2, 0.25) is 0 Å². The molecule has 2 aromatic carbocycles. The molecule has 5 nitrogen and oxygen atoms in total. The van der Waals surface area contributed by atoms with E-state index in [0.29, 0.717) is 30.1 Å². The number of anilines is 2. The molecule has 0 fully saturated rings. The summed E-state index contributed by atoms with van der Waals surface area (Å²) in [5.41, 5.74) is 10.9. The molecule has 50 heavy (non-hydrogen) atoms. The first-order valence-electron chi connectivity index (χ1n) is 17.1. The Morgan fingerprint density at radius 3 is 1.36 bits per heavy atom. The van der Waals surface area contributed by atoms with Crippen LogP contribution in [0.5, 0.6) is 0 Å². The molecule has 2 aliphatic rings. The fraction of sp³-hybridized carbons (Fsp3) is 0.538. The topological polar surface area (TPSA) is 56.7 Å². The third kappa shape index (κ3) is 17.5. The SMILES string of the molecule is C.CC(C)c1cccc(C(C)C)c1NC1=CCCC/C1=N\N(C)C.CC(C)c1cccc(C(C)C)c1NC1=CCCCC1=O.[Cl][Ti]([Cl])([Cl])[Cl].[H-].[K+]. The smallest absolute Gasteiger partial charge is 1.00 e. The maximum atomic E-state index is 12.0. The molecule has 2 aromatic rings. The molecule has 0 heterocycles. The van der Waals surface area contributed by atoms with Gasteiger partial charge in [-0.1, -0.05) is 111 Å². The summed E-state index contributed by atoms with van der Waals surface area (Å²) in [7, 11) is 24.0. The number of Topliss-reactive ketones (excluding diaryl/α,β-unsaturated/α-hetero) is 1. The number of rotatable bonds is 9. The first-order chi connectivity index (χ1) is 22.4. The van der Waals surface area contributed by atoms with Crippen molar-refractivity contribution in [3.63, 3.8) is 0 Å². The van der Waals surface area contributed by atoms with Gasteiger partial charge >= 0.3 is 101 Å². The summed E-state index contributed by atoms with van der Waals surface area (Å²) < 4.78 is 0. The van der Waals surface area contributed by atoms with Crippen LogP contribution in [0.1, 0.15) is 149 Å². The van der Waals surface area contributed by atoms with Gasteiger partial charge in [-0.3, -0.25) is 4.79 Å². The Morgan fingerprint density at radius 1 is 0.680 bits per heavy atom. The third-order valence-electron chi connectivity index (χ3n) is 8.12. The van der Waals surface area contributed by atoms with E-state index in [1.165, 1.54) is 40.1 Å². The summed E-state index contributed by atoms with van der Waals surface area (Å²) in [5.74, 6) is 2.11. The van der Waals surface area contributed by atoms with E-state index in [2.05, 4.69) is 114 Å². The zero-order chi connectivity index (χ0) is 36.2. The van der Waals surface area contributed by atoms with Crippen molar-refractivity contribution < 1.29 is 70.0 Å². The molecule has 0 saturated carbocycles. The number of nitrogens with zero attached hydrogens (tertiary/aromatic N) is 2. The monoisotopic (exact) mass is 828 g/mol. The summed E-state index contributed by atoms with van der Waals surface area (Å²) in [4.78, 5) is 12.0. The molecule has 2 aliphatic carbocycles. The van der Waals surface area contributed by atoms with Crippen LogP contribution in [0.25, 0.3) is 0 Å². The van der Waals surface area contributed by atoms with Gasteiger partial charge < -0.3 is 17.1 Å². The Kier molecular flexibility index (Phi) is 24.6. The van der Waals surface area contributed by atoms with Crippen LogP contribution >= 0.6 is 37.2 Å². The molecule has 0 aromatic heterocycles. The standard InChI is InChI=1S/C20H31N3.C18H25NO.CH4.4ClH.K.Ti.H/c1-14(2)16-10-9-11-17(15(3)4)20(16)21-18-12-7-8-13-19(18)22-23(5)6;1-12(2)14-8-7-9-15(13(3)4)18(14)19-16-10-5-6-11-17(16)20;;;;;;;;/h9-12,14-15,21H,7-8,13H2,1-6H3;7-10,12-13,19H,5-6,11H2,1-4H3;1H4;4*1H;;;/q;;;;;;;+1;+4;-1/p-4/b22-19+;;;;;;;;;. The quantitative estimate of drug-likeness (QED) is 0.195. The summed E-state index contributed by atoms with van der Waals surface area (Å²) >= 11 is -3.11. The van der Waals surface area contributed by atoms with Crippen molar-refractivity contribution in [1.29, 1.82) is 0 Å². The maximum Gasteiger partial charge on any atom is 1.00 e. The molecular weight excluding hydrogens is 769 g/mol. The van der Waals surface area contributed by atoms with E-state index in [4.69, 9.17) is 37.2 Å². The number of hydrogen-bond donors (Lipinski definition) is 2. The number of allylic oxidation sites excluding steroid dienone is 4. The van der Waals surface area contributed by atoms with Gasteiger partial charge in [-0.15, -0.1) is 0 Å². The van der Waals surface area contributed by atoms with Gasteiger partial charge in [0, 0.05) is 31.9 Å². The van der Waals surface area contributed by atoms with Crippen LogP contribution in [0, 0.1) is 0 Å². The van der Waals surface area contributed by atoms with Crippen LogP contribution in [0.4, 0.5) is 11.4 Å². The molecule has 0 amide bonds. The molecule has 0 aliphatic heterocycles. The number of benzene rings is 2. The minimum absolute atomic E-state index is 0. The first-order valence-corrected chi connectivity index (χ1v) is 25.7. The summed E-state index contributed by atoms with van der Waals surface area (Å²) in [6.45, 7) is 17.8. The minimum atomic E-state index is -3.11.